The predicted octanol–water partition coefficient (Wildman–Crippen LogP) is 3.13. The van der Waals surface area contributed by atoms with Crippen LogP contribution in [0.4, 0.5) is 0 Å². The summed E-state index contributed by atoms with van der Waals surface area (Å²) in [5, 5.41) is 3.14. The second kappa shape index (κ2) is 5.73. The molecule has 0 saturated heterocycles. The Bertz CT molecular complexity index is 69.3. The van der Waals surface area contributed by atoms with Crippen LogP contribution in [0.1, 0.15) is 6.92 Å². The first-order valence-electron chi connectivity index (χ1n) is 3.82. The van der Waals surface area contributed by atoms with Crippen LogP contribution in [-0.4, -0.2) is 29.3 Å². The van der Waals surface area contributed by atoms with Gasteiger partial charge in [-0.3, -0.25) is 0 Å². The topological polar surface area (TPSA) is 0 Å². The Morgan fingerprint density at radius 3 is 1.40 bits per heavy atom. The summed E-state index contributed by atoms with van der Waals surface area (Å²) < 4.78 is 0. The van der Waals surface area contributed by atoms with Gasteiger partial charge in [-0.2, -0.15) is 0 Å². The van der Waals surface area contributed by atoms with Gasteiger partial charge in [-0.25, -0.2) is 0 Å². The molecule has 0 fully saturated rings. The Morgan fingerprint density at radius 2 is 1.20 bits per heavy atom. The Labute approximate surface area is 75.3 Å². The molecule has 0 spiro atoms. The van der Waals surface area contributed by atoms with Crippen molar-refractivity contribution in [3.63, 3.8) is 0 Å². The summed E-state index contributed by atoms with van der Waals surface area (Å²) in [5.41, 5.74) is 9.86. The molecule has 0 aliphatic carbocycles. The molecule has 0 unspecified atom stereocenters. The van der Waals surface area contributed by atoms with E-state index >= 15 is 0 Å². The van der Waals surface area contributed by atoms with Gasteiger partial charge in [0.15, 0.2) is 0 Å². The third-order valence-electron chi connectivity index (χ3n) is 1.35. The molecule has 0 aromatic carbocycles. The van der Waals surface area contributed by atoms with Crippen molar-refractivity contribution in [1.82, 2.24) is 0 Å². The fourth-order valence-corrected chi connectivity index (χ4v) is 8.04. The summed E-state index contributed by atoms with van der Waals surface area (Å²) in [6.45, 7) is 2.43. The van der Waals surface area contributed by atoms with E-state index in [9.17, 15) is 0 Å². The van der Waals surface area contributed by atoms with E-state index in [0.717, 1.165) is 5.92 Å². The van der Waals surface area contributed by atoms with Crippen molar-refractivity contribution in [1.29, 1.82) is 0 Å². The van der Waals surface area contributed by atoms with Gasteiger partial charge in [-0.15, -0.1) is 0 Å². The van der Waals surface area contributed by atoms with Gasteiger partial charge < -0.3 is 0 Å². The van der Waals surface area contributed by atoms with E-state index in [2.05, 4.69) is 29.8 Å². The molecule has 0 N–H and O–H groups in total. The van der Waals surface area contributed by atoms with Crippen molar-refractivity contribution in [3.05, 3.63) is 0 Å². The number of hydrogen-bond acceptors (Lipinski definition) is 0. The molecule has 0 atom stereocenters. The van der Waals surface area contributed by atoms with Crippen molar-refractivity contribution >= 4 is 29.3 Å². The van der Waals surface area contributed by atoms with Gasteiger partial charge in [0, 0.05) is 0 Å². The Kier molecular flexibility index (Phi) is 6.37. The Hall–Kier alpha value is 1.12. The SMILES string of the molecule is CC(C[As](C)C)C[As](C)C. The second-order valence-corrected chi connectivity index (χ2v) is 14.2. The van der Waals surface area contributed by atoms with E-state index in [1.807, 2.05) is 0 Å². The van der Waals surface area contributed by atoms with Gasteiger partial charge in [-0.1, -0.05) is 0 Å². The van der Waals surface area contributed by atoms with Crippen LogP contribution in [0.3, 0.4) is 0 Å². The zero-order valence-corrected chi connectivity index (χ0v) is 11.6. The van der Waals surface area contributed by atoms with Gasteiger partial charge in [0.2, 0.25) is 0 Å². The maximum atomic E-state index is 2.46. The minimum absolute atomic E-state index is 0.322. The summed E-state index contributed by atoms with van der Waals surface area (Å²) in [4.78, 5) is 0. The van der Waals surface area contributed by atoms with E-state index in [1.54, 1.807) is 10.4 Å². The summed E-state index contributed by atoms with van der Waals surface area (Å²) in [7, 11) is 0. The van der Waals surface area contributed by atoms with Crippen LogP contribution in [0.5, 0.6) is 0 Å². The van der Waals surface area contributed by atoms with Crippen molar-refractivity contribution in [2.75, 3.05) is 0 Å². The van der Waals surface area contributed by atoms with Gasteiger partial charge in [0.25, 0.3) is 0 Å². The van der Waals surface area contributed by atoms with Crippen LogP contribution in [0.25, 0.3) is 0 Å². The summed E-state index contributed by atoms with van der Waals surface area (Å²) in [6, 6.07) is 0. The quantitative estimate of drug-likeness (QED) is 0.686. The minimum atomic E-state index is -0.322. The molecule has 0 radical (unpaired) electrons. The fraction of sp³-hybridized carbons (Fsp3) is 1.00. The van der Waals surface area contributed by atoms with Gasteiger partial charge in [0.05, 0.1) is 0 Å². The average Bonchev–Trinajstić information content (AvgIpc) is 1.58. The molecule has 0 rings (SSSR count). The molecule has 0 nitrogen and oxygen atoms in total. The standard InChI is InChI=1S/C8H20As2/c1-8(6-9(2)3)7-10(4)5/h8H,6-7H2,1-5H3. The number of rotatable bonds is 4. The van der Waals surface area contributed by atoms with Gasteiger partial charge in [-0.05, 0) is 0 Å². The molecular formula is C8H20As2. The molecular weight excluding hydrogens is 246 g/mol. The maximum absolute atomic E-state index is 2.46. The van der Waals surface area contributed by atoms with Crippen molar-refractivity contribution in [2.45, 2.75) is 40.2 Å². The first-order chi connectivity index (χ1) is 4.52. The van der Waals surface area contributed by atoms with E-state index in [4.69, 9.17) is 0 Å². The molecule has 0 aromatic heterocycles. The molecule has 62 valence electrons. The molecule has 10 heavy (non-hydrogen) atoms. The number of hydrogen-bond donors (Lipinski definition) is 0. The van der Waals surface area contributed by atoms with Crippen LogP contribution in [0.2, 0.25) is 33.3 Å². The molecule has 0 aliphatic rings. The predicted molar refractivity (Wildman–Crippen MR) is 53.7 cm³/mol. The van der Waals surface area contributed by atoms with Gasteiger partial charge in [0.1, 0.15) is 0 Å². The van der Waals surface area contributed by atoms with Crippen molar-refractivity contribution in [3.8, 4) is 0 Å². The van der Waals surface area contributed by atoms with Crippen LogP contribution in [-0.2, 0) is 0 Å². The van der Waals surface area contributed by atoms with E-state index in [1.165, 1.54) is 0 Å². The third kappa shape index (κ3) is 7.23. The molecule has 0 aliphatic heterocycles. The van der Waals surface area contributed by atoms with Crippen LogP contribution in [0.15, 0.2) is 0 Å². The summed E-state index contributed by atoms with van der Waals surface area (Å²) in [5.74, 6) is 1.05. The zero-order chi connectivity index (χ0) is 8.15. The van der Waals surface area contributed by atoms with Crippen LogP contribution >= 0.6 is 0 Å². The zero-order valence-electron chi connectivity index (χ0n) is 7.89. The monoisotopic (exact) mass is 266 g/mol. The average molecular weight is 266 g/mol. The van der Waals surface area contributed by atoms with Gasteiger partial charge >= 0.3 is 75.4 Å². The third-order valence-corrected chi connectivity index (χ3v) is 7.03. The van der Waals surface area contributed by atoms with Crippen LogP contribution < -0.4 is 0 Å². The normalized spacial score (nSPS) is 12.0. The first-order valence-corrected chi connectivity index (χ1v) is 14.0. The van der Waals surface area contributed by atoms with Crippen molar-refractivity contribution in [2.24, 2.45) is 5.92 Å². The van der Waals surface area contributed by atoms with Crippen LogP contribution in [0, 0.1) is 5.92 Å². The molecule has 0 amide bonds. The van der Waals surface area contributed by atoms with E-state index in [0.29, 0.717) is 0 Å². The Balaban J connectivity index is 3.34. The fourth-order valence-electron chi connectivity index (χ4n) is 1.30. The molecule has 0 bridgehead atoms. The molecule has 0 saturated carbocycles. The molecule has 0 aromatic rings. The summed E-state index contributed by atoms with van der Waals surface area (Å²) in [6.07, 6.45) is 0. The molecule has 2 heteroatoms. The van der Waals surface area contributed by atoms with E-state index in [-0.39, 0.29) is 29.3 Å². The summed E-state index contributed by atoms with van der Waals surface area (Å²) >= 11 is -0.644. The van der Waals surface area contributed by atoms with E-state index < -0.39 is 0 Å². The first kappa shape index (κ1) is 11.1. The van der Waals surface area contributed by atoms with Crippen molar-refractivity contribution < 1.29 is 0 Å². The Morgan fingerprint density at radius 1 is 0.900 bits per heavy atom. The molecule has 0 heterocycles. The second-order valence-electron chi connectivity index (χ2n) is 3.63.